The summed E-state index contributed by atoms with van der Waals surface area (Å²) in [4.78, 5) is 12.5. The molecule has 0 aliphatic carbocycles. The fraction of sp³-hybridized carbons (Fsp3) is 0.105. The van der Waals surface area contributed by atoms with Gasteiger partial charge in [-0.25, -0.2) is 0 Å². The Bertz CT molecular complexity index is 1160. The molecule has 0 amide bonds. The second kappa shape index (κ2) is 6.91. The fourth-order valence-electron chi connectivity index (χ4n) is 2.89. The van der Waals surface area contributed by atoms with E-state index in [0.717, 1.165) is 22.1 Å². The average molecular weight is 402 g/mol. The number of benzene rings is 2. The molecule has 4 aromatic rings. The normalized spacial score (nSPS) is 11.3. The zero-order valence-corrected chi connectivity index (χ0v) is 16.1. The minimum absolute atomic E-state index is 0.0789. The van der Waals surface area contributed by atoms with E-state index in [2.05, 4.69) is 23.2 Å². The Labute approximate surface area is 164 Å². The molecule has 2 heterocycles. The molecule has 0 N–H and O–H groups in total. The quantitative estimate of drug-likeness (QED) is 0.335. The van der Waals surface area contributed by atoms with Crippen molar-refractivity contribution >= 4 is 57.3 Å². The Morgan fingerprint density at radius 2 is 1.92 bits per heavy atom. The SMILES string of the molecule is Cc1cc2nnc(SCC(=O)c3ccc(Cl)cc3Cl)n2c2ccccc12. The van der Waals surface area contributed by atoms with Gasteiger partial charge in [0.1, 0.15) is 0 Å². The molecule has 2 aromatic carbocycles. The molecule has 4 nitrogen and oxygen atoms in total. The Balaban J connectivity index is 1.68. The van der Waals surface area contributed by atoms with Crippen molar-refractivity contribution in [1.82, 2.24) is 14.6 Å². The van der Waals surface area contributed by atoms with Crippen LogP contribution in [0.3, 0.4) is 0 Å². The van der Waals surface area contributed by atoms with Crippen LogP contribution in [0.15, 0.2) is 53.7 Å². The number of aromatic nitrogens is 3. The van der Waals surface area contributed by atoms with E-state index in [1.165, 1.54) is 11.8 Å². The molecular weight excluding hydrogens is 389 g/mol. The first-order valence-electron chi connectivity index (χ1n) is 7.89. The third-order valence-corrected chi connectivity index (χ3v) is 5.61. The van der Waals surface area contributed by atoms with Gasteiger partial charge in [-0.3, -0.25) is 9.20 Å². The van der Waals surface area contributed by atoms with Crippen molar-refractivity contribution in [2.24, 2.45) is 0 Å². The third kappa shape index (κ3) is 3.07. The summed E-state index contributed by atoms with van der Waals surface area (Å²) in [5, 5.41) is 11.2. The van der Waals surface area contributed by atoms with E-state index < -0.39 is 0 Å². The van der Waals surface area contributed by atoms with Crippen molar-refractivity contribution < 1.29 is 4.79 Å². The van der Waals surface area contributed by atoms with Gasteiger partial charge in [0.2, 0.25) is 0 Å². The maximum Gasteiger partial charge on any atom is 0.196 e. The molecule has 7 heteroatoms. The fourth-order valence-corrected chi connectivity index (χ4v) is 4.24. The van der Waals surface area contributed by atoms with Crippen molar-refractivity contribution in [3.05, 3.63) is 69.7 Å². The number of fused-ring (bicyclic) bond motifs is 3. The van der Waals surface area contributed by atoms with Gasteiger partial charge in [-0.2, -0.15) is 0 Å². The number of aryl methyl sites for hydroxylation is 1. The number of thioether (sulfide) groups is 1. The molecule has 0 fully saturated rings. The number of ketones is 1. The van der Waals surface area contributed by atoms with Gasteiger partial charge in [0.15, 0.2) is 16.6 Å². The number of Topliss-reactive ketones (excluding diaryl/α,β-unsaturated/α-hetero) is 1. The van der Waals surface area contributed by atoms with Gasteiger partial charge in [-0.1, -0.05) is 53.2 Å². The van der Waals surface area contributed by atoms with Crippen molar-refractivity contribution in [1.29, 1.82) is 0 Å². The lowest BCUT2D eigenvalue weighted by atomic mass is 10.1. The molecule has 26 heavy (non-hydrogen) atoms. The first kappa shape index (κ1) is 17.3. The van der Waals surface area contributed by atoms with Crippen LogP contribution in [-0.2, 0) is 0 Å². The van der Waals surface area contributed by atoms with Crippen LogP contribution in [0.25, 0.3) is 16.6 Å². The third-order valence-electron chi connectivity index (χ3n) is 4.14. The molecule has 4 rings (SSSR count). The monoisotopic (exact) mass is 401 g/mol. The highest BCUT2D eigenvalue weighted by molar-refractivity contribution is 7.99. The van der Waals surface area contributed by atoms with Gasteiger partial charge in [0.05, 0.1) is 16.3 Å². The van der Waals surface area contributed by atoms with Gasteiger partial charge >= 0.3 is 0 Å². The second-order valence-corrected chi connectivity index (χ2v) is 7.64. The Morgan fingerprint density at radius 3 is 2.73 bits per heavy atom. The summed E-state index contributed by atoms with van der Waals surface area (Å²) in [5.74, 6) is 0.134. The predicted octanol–water partition coefficient (Wildman–Crippen LogP) is 5.47. The summed E-state index contributed by atoms with van der Waals surface area (Å²) >= 11 is 13.4. The van der Waals surface area contributed by atoms with Crippen molar-refractivity contribution in [3.63, 3.8) is 0 Å². The first-order valence-corrected chi connectivity index (χ1v) is 9.63. The zero-order chi connectivity index (χ0) is 18.3. The molecule has 0 aliphatic heterocycles. The van der Waals surface area contributed by atoms with Gasteiger partial charge < -0.3 is 0 Å². The summed E-state index contributed by atoms with van der Waals surface area (Å²) < 4.78 is 1.98. The van der Waals surface area contributed by atoms with Gasteiger partial charge in [0, 0.05) is 16.0 Å². The number of pyridine rings is 1. The smallest absolute Gasteiger partial charge is 0.196 e. The Kier molecular flexibility index (Phi) is 4.61. The number of carbonyl (C=O) groups excluding carboxylic acids is 1. The van der Waals surface area contributed by atoms with Crippen LogP contribution in [0, 0.1) is 6.92 Å². The Hall–Kier alpha value is -2.08. The van der Waals surface area contributed by atoms with E-state index in [0.29, 0.717) is 20.8 Å². The molecule has 0 atom stereocenters. The molecule has 0 saturated carbocycles. The highest BCUT2D eigenvalue weighted by atomic mass is 35.5. The number of rotatable bonds is 4. The average Bonchev–Trinajstić information content (AvgIpc) is 3.03. The highest BCUT2D eigenvalue weighted by Gasteiger charge is 2.15. The lowest BCUT2D eigenvalue weighted by molar-refractivity contribution is 0.102. The summed E-state index contributed by atoms with van der Waals surface area (Å²) in [6, 6.07) is 15.0. The summed E-state index contributed by atoms with van der Waals surface area (Å²) in [5.41, 5.74) is 3.38. The number of hydrogen-bond donors (Lipinski definition) is 0. The standard InChI is InChI=1S/C19H13Cl2N3OS/c1-11-8-18-22-23-19(24(18)16-5-3-2-4-13(11)16)26-10-17(25)14-7-6-12(20)9-15(14)21/h2-9H,10H2,1H3. The van der Waals surface area contributed by atoms with Crippen LogP contribution in [0.5, 0.6) is 0 Å². The van der Waals surface area contributed by atoms with Gasteiger partial charge in [-0.05, 0) is 42.8 Å². The van der Waals surface area contributed by atoms with Gasteiger partial charge in [0.25, 0.3) is 0 Å². The summed E-state index contributed by atoms with van der Waals surface area (Å²) in [6.07, 6.45) is 0. The Morgan fingerprint density at radius 1 is 1.12 bits per heavy atom. The number of hydrogen-bond acceptors (Lipinski definition) is 4. The minimum Gasteiger partial charge on any atom is -0.293 e. The molecule has 0 spiro atoms. The molecule has 0 radical (unpaired) electrons. The second-order valence-electron chi connectivity index (χ2n) is 5.86. The lowest BCUT2D eigenvalue weighted by Crippen LogP contribution is -2.04. The lowest BCUT2D eigenvalue weighted by Gasteiger charge is -2.07. The van der Waals surface area contributed by atoms with Gasteiger partial charge in [-0.15, -0.1) is 10.2 Å². The summed E-state index contributed by atoms with van der Waals surface area (Å²) in [6.45, 7) is 2.05. The van der Waals surface area contributed by atoms with E-state index in [9.17, 15) is 4.79 Å². The van der Waals surface area contributed by atoms with E-state index >= 15 is 0 Å². The van der Waals surface area contributed by atoms with Crippen LogP contribution in [-0.4, -0.2) is 26.1 Å². The molecule has 130 valence electrons. The number of nitrogens with zero attached hydrogens (tertiary/aromatic N) is 3. The molecule has 0 aliphatic rings. The van der Waals surface area contributed by atoms with E-state index in [1.807, 2.05) is 28.7 Å². The van der Waals surface area contributed by atoms with E-state index in [1.54, 1.807) is 18.2 Å². The van der Waals surface area contributed by atoms with Crippen LogP contribution in [0.1, 0.15) is 15.9 Å². The topological polar surface area (TPSA) is 47.3 Å². The van der Waals surface area contributed by atoms with E-state index in [-0.39, 0.29) is 11.5 Å². The van der Waals surface area contributed by atoms with Crippen LogP contribution in [0.2, 0.25) is 10.0 Å². The van der Waals surface area contributed by atoms with Crippen LogP contribution in [0.4, 0.5) is 0 Å². The molecule has 0 saturated heterocycles. The maximum absolute atomic E-state index is 12.5. The molecule has 0 bridgehead atoms. The number of carbonyl (C=O) groups is 1. The minimum atomic E-state index is -0.0789. The molecule has 0 unspecified atom stereocenters. The van der Waals surface area contributed by atoms with Crippen molar-refractivity contribution in [2.45, 2.75) is 12.1 Å². The molecular formula is C19H13Cl2N3OS. The van der Waals surface area contributed by atoms with E-state index in [4.69, 9.17) is 23.2 Å². The summed E-state index contributed by atoms with van der Waals surface area (Å²) in [7, 11) is 0. The zero-order valence-electron chi connectivity index (χ0n) is 13.7. The van der Waals surface area contributed by atoms with Crippen molar-refractivity contribution in [2.75, 3.05) is 5.75 Å². The van der Waals surface area contributed by atoms with Crippen molar-refractivity contribution in [3.8, 4) is 0 Å². The van der Waals surface area contributed by atoms with Crippen LogP contribution < -0.4 is 0 Å². The highest BCUT2D eigenvalue weighted by Crippen LogP contribution is 2.27. The largest absolute Gasteiger partial charge is 0.293 e. The number of halogens is 2. The number of para-hydroxylation sites is 1. The maximum atomic E-state index is 12.5. The predicted molar refractivity (Wildman–Crippen MR) is 107 cm³/mol. The molecule has 2 aromatic heterocycles. The first-order chi connectivity index (χ1) is 12.5. The van der Waals surface area contributed by atoms with Crippen LogP contribution >= 0.6 is 35.0 Å².